The van der Waals surface area contributed by atoms with Crippen LogP contribution in [0.4, 0.5) is 0 Å². The molecule has 46 heavy (non-hydrogen) atoms. The largest absolute Gasteiger partial charge is 0.566 e. The molecular weight excluding hydrogens is 738 g/mol. The van der Waals surface area contributed by atoms with E-state index in [0.717, 1.165) is 45.4 Å². The first kappa shape index (κ1) is 67.6. The minimum absolute atomic E-state index is 0. The van der Waals surface area contributed by atoms with Gasteiger partial charge in [0.15, 0.2) is 0 Å². The monoisotopic (exact) mass is 809 g/mol. The van der Waals surface area contributed by atoms with E-state index in [1.807, 2.05) is 69.2 Å². The number of nitrogens with two attached hydrogens (primary N) is 1. The first-order chi connectivity index (χ1) is 21.3. The third-order valence-corrected chi connectivity index (χ3v) is 3.58. The number of aliphatic hydroxyl groups is 1. The van der Waals surface area contributed by atoms with Gasteiger partial charge in [-0.3, -0.25) is 14.4 Å². The molecular formula is C33H71N6O5Y2-. The molecule has 0 unspecified atom stereocenters. The Balaban J connectivity index is -0.0000000548. The van der Waals surface area contributed by atoms with Crippen molar-refractivity contribution >= 4 is 17.7 Å². The van der Waals surface area contributed by atoms with E-state index in [1.54, 1.807) is 13.2 Å². The Bertz CT molecular complexity index is 584. The predicted octanol–water partition coefficient (Wildman–Crippen LogP) is 4.56. The maximum absolute atomic E-state index is 10.7. The van der Waals surface area contributed by atoms with Gasteiger partial charge >= 0.3 is 0 Å². The van der Waals surface area contributed by atoms with Crippen LogP contribution in [-0.2, 0) is 84.5 Å². The third-order valence-electron chi connectivity index (χ3n) is 3.58. The van der Waals surface area contributed by atoms with Gasteiger partial charge in [0.05, 0.1) is 13.2 Å². The topological polar surface area (TPSA) is 170 Å². The van der Waals surface area contributed by atoms with Crippen molar-refractivity contribution in [3.05, 3.63) is 57.8 Å². The predicted molar refractivity (Wildman–Crippen MR) is 190 cm³/mol. The number of hydrogen-bond acceptors (Lipinski definition) is 8. The number of carbonyl (C=O) groups is 3. The molecule has 1 fully saturated rings. The summed E-state index contributed by atoms with van der Waals surface area (Å²) in [5.41, 5.74) is 5.23. The average molecular weight is 810 g/mol. The molecule has 0 atom stereocenters. The summed E-state index contributed by atoms with van der Waals surface area (Å²) in [5.74, 6) is -0.388. The summed E-state index contributed by atoms with van der Waals surface area (Å²) in [5, 5.41) is 22.5. The van der Waals surface area contributed by atoms with Crippen molar-refractivity contribution in [1.29, 1.82) is 0 Å². The van der Waals surface area contributed by atoms with Gasteiger partial charge in [-0.15, -0.1) is 0 Å². The number of aliphatic hydroxyl groups excluding tert-OH is 1. The Morgan fingerprint density at radius 3 is 1.39 bits per heavy atom. The Hall–Kier alpha value is -0.492. The van der Waals surface area contributed by atoms with Crippen LogP contribution in [0.3, 0.4) is 0 Å². The van der Waals surface area contributed by atoms with Gasteiger partial charge in [-0.05, 0) is 45.0 Å². The summed E-state index contributed by atoms with van der Waals surface area (Å²) in [7, 11) is 0. The van der Waals surface area contributed by atoms with Gasteiger partial charge in [0.25, 0.3) is 0 Å². The van der Waals surface area contributed by atoms with Crippen molar-refractivity contribution in [2.24, 2.45) is 5.73 Å². The molecule has 0 aromatic rings. The number of hydrogen-bond donors (Lipinski definition) is 7. The standard InChI is InChI=1S/C10H19N2O2.C7H15N3O.C6H11NO.C2H2O.4C2H6.2Y/c1-2-10(14)12-8-7-11-6-4-3-5-9-13;1-2-7(11)10-6-5-9-4-3-8;1-4-6(8)7-5(2)3;1-2-3-1;4*1-2;;/h2,9,11,13H,1,3-8H2,(H,12,14);2,9H,1,3-6,8H2,(H,10,11);4-5H,1H2,2-3H3,(H,7,8);1-2H;4*1-2H3;;/q-1;;;;;;;;;. The molecule has 0 aliphatic carbocycles. The number of epoxide rings is 1. The molecule has 1 saturated heterocycles. The average Bonchev–Trinajstić information content (AvgIpc) is 3.96. The van der Waals surface area contributed by atoms with E-state index in [4.69, 9.17) is 10.8 Å². The van der Waals surface area contributed by atoms with Crippen molar-refractivity contribution in [3.63, 3.8) is 0 Å². The smallest absolute Gasteiger partial charge is 0.243 e. The van der Waals surface area contributed by atoms with Crippen LogP contribution in [0.5, 0.6) is 0 Å². The minimum Gasteiger partial charge on any atom is -0.566 e. The SMILES string of the molecule is C=CC(=O)NC(C)C.C=CC(=O)NCCNCCCC[CH-]O.C=CC(=O)NCCNCCN.CC.CC.CC.CC.[CH+]1[CH-]O1.[Y].[Y]. The number of nitrogens with one attached hydrogen (secondary N) is 5. The summed E-state index contributed by atoms with van der Waals surface area (Å²) < 4.78 is 4.25. The quantitative estimate of drug-likeness (QED) is 0.0486. The number of carbonyl (C=O) groups excluding carboxylic acids is 3. The van der Waals surface area contributed by atoms with E-state index in [9.17, 15) is 14.4 Å². The molecule has 3 amide bonds. The van der Waals surface area contributed by atoms with Gasteiger partial charge in [0.2, 0.25) is 17.7 Å². The summed E-state index contributed by atoms with van der Waals surface area (Å²) in [6.07, 6.45) is 6.55. The Morgan fingerprint density at radius 1 is 0.761 bits per heavy atom. The Kier molecular flexibility index (Phi) is 110. The van der Waals surface area contributed by atoms with Crippen LogP contribution in [0.2, 0.25) is 0 Å². The molecule has 1 heterocycles. The number of ether oxygens (including phenoxy) is 1. The normalized spacial score (nSPS) is 8.63. The number of rotatable bonds is 17. The van der Waals surface area contributed by atoms with Gasteiger partial charge in [-0.2, -0.15) is 6.42 Å². The first-order valence-electron chi connectivity index (χ1n) is 15.9. The van der Waals surface area contributed by atoms with Crippen molar-refractivity contribution in [3.8, 4) is 0 Å². The van der Waals surface area contributed by atoms with Gasteiger partial charge < -0.3 is 42.2 Å². The summed E-state index contributed by atoms with van der Waals surface area (Å²) in [6.45, 7) is 39.3. The van der Waals surface area contributed by atoms with Crippen LogP contribution in [-0.4, -0.2) is 74.7 Å². The molecule has 13 heteroatoms. The number of amides is 3. The molecule has 2 radical (unpaired) electrons. The maximum atomic E-state index is 10.7. The van der Waals surface area contributed by atoms with Crippen molar-refractivity contribution in [2.75, 3.05) is 45.8 Å². The van der Waals surface area contributed by atoms with Crippen molar-refractivity contribution in [2.45, 2.75) is 94.5 Å². The minimum atomic E-state index is -0.139. The van der Waals surface area contributed by atoms with Crippen molar-refractivity contribution in [1.82, 2.24) is 26.6 Å². The van der Waals surface area contributed by atoms with Crippen LogP contribution >= 0.6 is 0 Å². The second-order valence-electron chi connectivity index (χ2n) is 7.23. The molecule has 1 aliphatic heterocycles. The fourth-order valence-corrected chi connectivity index (χ4v) is 1.87. The summed E-state index contributed by atoms with van der Waals surface area (Å²) >= 11 is 0. The van der Waals surface area contributed by atoms with Crippen molar-refractivity contribution < 1.29 is 89.6 Å². The van der Waals surface area contributed by atoms with Crippen LogP contribution in [0.25, 0.3) is 0 Å². The zero-order chi connectivity index (χ0) is 35.9. The van der Waals surface area contributed by atoms with Crippen LogP contribution in [0, 0.1) is 19.8 Å². The molecule has 0 spiro atoms. The zero-order valence-electron chi connectivity index (χ0n) is 31.0. The fourth-order valence-electron chi connectivity index (χ4n) is 1.87. The van der Waals surface area contributed by atoms with Gasteiger partial charge in [0, 0.05) is 111 Å². The van der Waals surface area contributed by atoms with Crippen LogP contribution < -0.4 is 32.3 Å². The molecule has 0 saturated carbocycles. The molecule has 270 valence electrons. The Labute approximate surface area is 335 Å². The Morgan fingerprint density at radius 2 is 1.13 bits per heavy atom. The maximum Gasteiger partial charge on any atom is 0.243 e. The molecule has 11 nitrogen and oxygen atoms in total. The van der Waals surface area contributed by atoms with Crippen LogP contribution in [0.15, 0.2) is 38.0 Å². The van der Waals surface area contributed by atoms with E-state index in [2.05, 4.69) is 51.1 Å². The summed E-state index contributed by atoms with van der Waals surface area (Å²) in [6, 6.07) is 0.209. The van der Waals surface area contributed by atoms with Crippen LogP contribution in [0.1, 0.15) is 88.5 Å². The molecule has 0 bridgehead atoms. The molecule has 1 rings (SSSR count). The van der Waals surface area contributed by atoms with E-state index in [-0.39, 0.29) is 89.2 Å². The summed E-state index contributed by atoms with van der Waals surface area (Å²) in [4.78, 5) is 31.7. The fraction of sp³-hybridized carbons (Fsp3) is 0.636. The first-order valence-corrected chi connectivity index (χ1v) is 15.9. The molecule has 0 aromatic heterocycles. The zero-order valence-corrected chi connectivity index (χ0v) is 36.7. The van der Waals surface area contributed by atoms with Gasteiger partial charge in [-0.1, -0.05) is 81.5 Å². The third kappa shape index (κ3) is 104. The van der Waals surface area contributed by atoms with E-state index >= 15 is 0 Å². The van der Waals surface area contributed by atoms with Gasteiger partial charge in [-0.25, -0.2) is 6.61 Å². The van der Waals surface area contributed by atoms with Gasteiger partial charge in [0.1, 0.15) is 0 Å². The van der Waals surface area contributed by atoms with E-state index < -0.39 is 0 Å². The van der Waals surface area contributed by atoms with E-state index in [0.29, 0.717) is 19.6 Å². The molecule has 8 N–H and O–H groups in total. The van der Waals surface area contributed by atoms with E-state index in [1.165, 1.54) is 24.8 Å². The number of unbranched alkanes of at least 4 members (excludes halogenated alkanes) is 2. The molecule has 0 aromatic carbocycles. The molecule has 1 aliphatic rings. The second kappa shape index (κ2) is 75.0. The second-order valence-corrected chi connectivity index (χ2v) is 7.23.